The van der Waals surface area contributed by atoms with Crippen molar-refractivity contribution in [3.63, 3.8) is 0 Å². The summed E-state index contributed by atoms with van der Waals surface area (Å²) >= 11 is 0. The molecule has 0 aromatic heterocycles. The Balaban J connectivity index is 1.75. The summed E-state index contributed by atoms with van der Waals surface area (Å²) in [6.45, 7) is 2.49. The van der Waals surface area contributed by atoms with Crippen molar-refractivity contribution in [3.8, 4) is 0 Å². The maximum atomic E-state index is 12.8. The van der Waals surface area contributed by atoms with E-state index in [-0.39, 0.29) is 37.2 Å². The highest BCUT2D eigenvalue weighted by Gasteiger charge is 2.32. The van der Waals surface area contributed by atoms with Gasteiger partial charge in [0.1, 0.15) is 0 Å². The third-order valence-corrected chi connectivity index (χ3v) is 4.73. The van der Waals surface area contributed by atoms with Gasteiger partial charge in [-0.2, -0.15) is 0 Å². The second kappa shape index (κ2) is 7.70. The van der Waals surface area contributed by atoms with E-state index in [1.165, 1.54) is 6.92 Å². The maximum Gasteiger partial charge on any atom is 0.306 e. The molecule has 1 saturated heterocycles. The molecule has 26 heavy (non-hydrogen) atoms. The molecule has 2 amide bonds. The van der Waals surface area contributed by atoms with Gasteiger partial charge < -0.3 is 19.6 Å². The molecular formula is C19H22N2O5. The van der Waals surface area contributed by atoms with Gasteiger partial charge in [0.05, 0.1) is 31.6 Å². The predicted octanol–water partition coefficient (Wildman–Crippen LogP) is 1.65. The molecule has 0 aliphatic carbocycles. The van der Waals surface area contributed by atoms with Crippen LogP contribution in [0.5, 0.6) is 0 Å². The number of rotatable bonds is 4. The van der Waals surface area contributed by atoms with Crippen LogP contribution in [0, 0.1) is 0 Å². The molecule has 1 aromatic rings. The van der Waals surface area contributed by atoms with Crippen molar-refractivity contribution in [2.24, 2.45) is 0 Å². The van der Waals surface area contributed by atoms with Crippen molar-refractivity contribution in [1.82, 2.24) is 9.80 Å². The molecule has 0 bridgehead atoms. The lowest BCUT2D eigenvalue weighted by Gasteiger charge is -2.36. The molecule has 1 aromatic carbocycles. The Morgan fingerprint density at radius 1 is 1.23 bits per heavy atom. The number of benzene rings is 1. The number of carboxylic acids is 1. The van der Waals surface area contributed by atoms with Crippen LogP contribution in [0.2, 0.25) is 0 Å². The van der Waals surface area contributed by atoms with Crippen LogP contribution in [0.25, 0.3) is 6.08 Å². The zero-order chi connectivity index (χ0) is 18.7. The first kappa shape index (κ1) is 18.1. The number of hydrogen-bond donors (Lipinski definition) is 1. The van der Waals surface area contributed by atoms with Gasteiger partial charge in [-0.15, -0.1) is 0 Å². The second-order valence-electron chi connectivity index (χ2n) is 6.52. The van der Waals surface area contributed by atoms with E-state index in [4.69, 9.17) is 9.84 Å². The molecular weight excluding hydrogens is 336 g/mol. The molecule has 3 rings (SSSR count). The van der Waals surface area contributed by atoms with Gasteiger partial charge in [0.15, 0.2) is 0 Å². The van der Waals surface area contributed by atoms with Gasteiger partial charge in [0.2, 0.25) is 11.8 Å². The van der Waals surface area contributed by atoms with Gasteiger partial charge in [-0.05, 0) is 17.2 Å². The zero-order valence-corrected chi connectivity index (χ0v) is 14.6. The van der Waals surface area contributed by atoms with E-state index in [1.807, 2.05) is 30.3 Å². The first-order chi connectivity index (χ1) is 12.5. The van der Waals surface area contributed by atoms with Gasteiger partial charge in [-0.3, -0.25) is 14.4 Å². The lowest BCUT2D eigenvalue weighted by molar-refractivity contribution is -0.148. The van der Waals surface area contributed by atoms with Crippen molar-refractivity contribution in [2.45, 2.75) is 31.9 Å². The normalized spacial score (nSPS) is 22.0. The van der Waals surface area contributed by atoms with Crippen molar-refractivity contribution >= 4 is 23.9 Å². The number of morpholine rings is 1. The first-order valence-corrected chi connectivity index (χ1v) is 8.63. The number of carbonyl (C=O) groups is 3. The molecule has 1 fully saturated rings. The Bertz CT molecular complexity index is 745. The van der Waals surface area contributed by atoms with Crippen LogP contribution < -0.4 is 0 Å². The molecule has 2 aliphatic heterocycles. The van der Waals surface area contributed by atoms with Crippen LogP contribution in [-0.4, -0.2) is 58.5 Å². The summed E-state index contributed by atoms with van der Waals surface area (Å²) in [6, 6.07) is 7.34. The van der Waals surface area contributed by atoms with Crippen molar-refractivity contribution in [2.75, 3.05) is 19.7 Å². The molecule has 2 aliphatic rings. The summed E-state index contributed by atoms with van der Waals surface area (Å²) in [6.07, 6.45) is 3.12. The van der Waals surface area contributed by atoms with E-state index >= 15 is 0 Å². The van der Waals surface area contributed by atoms with Gasteiger partial charge in [0.25, 0.3) is 0 Å². The highest BCUT2D eigenvalue weighted by molar-refractivity contribution is 5.82. The number of carbonyl (C=O) groups excluding carboxylic acids is 2. The number of hydrogen-bond acceptors (Lipinski definition) is 4. The average molecular weight is 358 g/mol. The summed E-state index contributed by atoms with van der Waals surface area (Å²) < 4.78 is 5.42. The van der Waals surface area contributed by atoms with Gasteiger partial charge >= 0.3 is 5.97 Å². The van der Waals surface area contributed by atoms with Crippen LogP contribution in [0.3, 0.4) is 0 Å². The minimum atomic E-state index is -0.946. The molecule has 2 atom stereocenters. The predicted molar refractivity (Wildman–Crippen MR) is 93.9 cm³/mol. The van der Waals surface area contributed by atoms with Crippen LogP contribution in [0.4, 0.5) is 0 Å². The molecule has 2 unspecified atom stereocenters. The number of carboxylic acid groups (broad SMARTS) is 1. The van der Waals surface area contributed by atoms with E-state index in [2.05, 4.69) is 0 Å². The fourth-order valence-electron chi connectivity index (χ4n) is 3.47. The Hall–Kier alpha value is -2.67. The van der Waals surface area contributed by atoms with Crippen LogP contribution >= 0.6 is 0 Å². The largest absolute Gasteiger partial charge is 0.481 e. The summed E-state index contributed by atoms with van der Waals surface area (Å²) in [5.41, 5.74) is 1.93. The van der Waals surface area contributed by atoms with Crippen molar-refractivity contribution in [3.05, 3.63) is 41.6 Å². The molecule has 138 valence electrons. The molecule has 0 radical (unpaired) electrons. The van der Waals surface area contributed by atoms with E-state index in [0.29, 0.717) is 13.2 Å². The van der Waals surface area contributed by atoms with Crippen molar-refractivity contribution in [1.29, 1.82) is 0 Å². The zero-order valence-electron chi connectivity index (χ0n) is 14.6. The van der Waals surface area contributed by atoms with Gasteiger partial charge in [-0.1, -0.05) is 24.3 Å². The Kier molecular flexibility index (Phi) is 5.37. The Labute approximate surface area is 151 Å². The number of ether oxygens (including phenoxy) is 1. The highest BCUT2D eigenvalue weighted by Crippen LogP contribution is 2.33. The topological polar surface area (TPSA) is 87.2 Å². The minimum Gasteiger partial charge on any atom is -0.481 e. The smallest absolute Gasteiger partial charge is 0.306 e. The summed E-state index contributed by atoms with van der Waals surface area (Å²) in [7, 11) is 0. The van der Waals surface area contributed by atoms with Gasteiger partial charge in [0, 0.05) is 26.2 Å². The van der Waals surface area contributed by atoms with E-state index in [0.717, 1.165) is 11.1 Å². The standard InChI is InChI=1S/C19H22N2O5/c1-13(22)21-7-6-14-4-2-3-5-16(14)17(21)11-18(23)20-8-9-26-15(12-20)10-19(24)25/h2-7,15,17H,8-12H2,1H3,(H,24,25). The van der Waals surface area contributed by atoms with E-state index < -0.39 is 12.1 Å². The van der Waals surface area contributed by atoms with Crippen LogP contribution in [-0.2, 0) is 19.1 Å². The summed E-state index contributed by atoms with van der Waals surface area (Å²) in [5.74, 6) is -1.18. The molecule has 0 spiro atoms. The molecule has 7 heteroatoms. The van der Waals surface area contributed by atoms with Gasteiger partial charge in [-0.25, -0.2) is 0 Å². The highest BCUT2D eigenvalue weighted by atomic mass is 16.5. The summed E-state index contributed by atoms with van der Waals surface area (Å²) in [4.78, 5) is 38.9. The number of aliphatic carboxylic acids is 1. The lowest BCUT2D eigenvalue weighted by Crippen LogP contribution is -2.47. The fourth-order valence-corrected chi connectivity index (χ4v) is 3.47. The first-order valence-electron chi connectivity index (χ1n) is 8.63. The van der Waals surface area contributed by atoms with E-state index in [1.54, 1.807) is 16.0 Å². The number of amides is 2. The maximum absolute atomic E-state index is 12.8. The minimum absolute atomic E-state index is 0.106. The van der Waals surface area contributed by atoms with E-state index in [9.17, 15) is 14.4 Å². The van der Waals surface area contributed by atoms with Crippen molar-refractivity contribution < 1.29 is 24.2 Å². The molecule has 1 N–H and O–H groups in total. The third-order valence-electron chi connectivity index (χ3n) is 4.73. The Morgan fingerprint density at radius 2 is 2.00 bits per heavy atom. The fraction of sp³-hybridized carbons (Fsp3) is 0.421. The second-order valence-corrected chi connectivity index (χ2v) is 6.52. The monoisotopic (exact) mass is 358 g/mol. The quantitative estimate of drug-likeness (QED) is 0.884. The number of nitrogens with zero attached hydrogens (tertiary/aromatic N) is 2. The Morgan fingerprint density at radius 3 is 2.73 bits per heavy atom. The average Bonchev–Trinajstić information content (AvgIpc) is 2.61. The molecule has 0 saturated carbocycles. The molecule has 7 nitrogen and oxygen atoms in total. The summed E-state index contributed by atoms with van der Waals surface area (Å²) in [5, 5.41) is 8.92. The van der Waals surface area contributed by atoms with Crippen LogP contribution in [0.15, 0.2) is 30.5 Å². The van der Waals surface area contributed by atoms with Crippen LogP contribution in [0.1, 0.15) is 36.9 Å². The number of fused-ring (bicyclic) bond motifs is 1. The SMILES string of the molecule is CC(=O)N1C=Cc2ccccc2C1CC(=O)N1CCOC(CC(=O)O)C1. The lowest BCUT2D eigenvalue weighted by atomic mass is 9.93. The third kappa shape index (κ3) is 3.94. The molecule has 2 heterocycles.